The van der Waals surface area contributed by atoms with E-state index in [0.29, 0.717) is 13.0 Å². The van der Waals surface area contributed by atoms with Crippen molar-refractivity contribution >= 4 is 33.4 Å². The van der Waals surface area contributed by atoms with Crippen molar-refractivity contribution in [1.29, 1.82) is 0 Å². The molecule has 0 unspecified atom stereocenters. The number of hydrogen-bond donors (Lipinski definition) is 1. The molecule has 0 fully saturated rings. The Bertz CT molecular complexity index is 1250. The normalized spacial score (nSPS) is 11.4. The fourth-order valence-corrected chi connectivity index (χ4v) is 4.24. The molecule has 0 bridgehead atoms. The molecular formula is C29H32BrN3O6. The summed E-state index contributed by atoms with van der Waals surface area (Å²) in [7, 11) is 1.32. The van der Waals surface area contributed by atoms with Gasteiger partial charge in [0.15, 0.2) is 6.61 Å². The molecule has 0 radical (unpaired) electrons. The van der Waals surface area contributed by atoms with E-state index in [-0.39, 0.29) is 36.2 Å². The number of carbonyl (C=O) groups is 2. The maximum atomic E-state index is 13.7. The zero-order valence-corrected chi connectivity index (χ0v) is 23.6. The number of nitro benzene ring substituents is 1. The van der Waals surface area contributed by atoms with Crippen LogP contribution in [0.1, 0.15) is 30.9 Å². The topological polar surface area (TPSA) is 111 Å². The van der Waals surface area contributed by atoms with E-state index in [9.17, 15) is 19.7 Å². The zero-order chi connectivity index (χ0) is 28.2. The van der Waals surface area contributed by atoms with E-state index in [1.165, 1.54) is 30.2 Å². The number of nitrogens with zero attached hydrogens (tertiary/aromatic N) is 2. The third kappa shape index (κ3) is 8.81. The third-order valence-electron chi connectivity index (χ3n) is 6.08. The van der Waals surface area contributed by atoms with Gasteiger partial charge in [0.1, 0.15) is 11.8 Å². The lowest BCUT2D eigenvalue weighted by molar-refractivity contribution is -0.385. The maximum absolute atomic E-state index is 13.7. The fourth-order valence-electron chi connectivity index (χ4n) is 3.97. The lowest BCUT2D eigenvalue weighted by atomic mass is 10.0. The highest BCUT2D eigenvalue weighted by Gasteiger charge is 2.30. The quantitative estimate of drug-likeness (QED) is 0.153. The van der Waals surface area contributed by atoms with Gasteiger partial charge in [0.25, 0.3) is 5.91 Å². The number of amides is 2. The summed E-state index contributed by atoms with van der Waals surface area (Å²) in [5, 5.41) is 14.2. The molecule has 3 rings (SSSR count). The average Bonchev–Trinajstić information content (AvgIpc) is 2.94. The van der Waals surface area contributed by atoms with Crippen molar-refractivity contribution in [1.82, 2.24) is 10.2 Å². The standard InChI is InChI=1S/C29H32BrN3O6/c1-3-4-16-31-29(35)26(17-21-8-6-5-7-9-21)32(19-22-10-12-23(30)13-11-22)28(34)20-39-24-14-15-25(33(36)37)27(18-24)38-2/h5-15,18,26H,3-4,16-17,19-20H2,1-2H3,(H,31,35)/t26-/m0/s1. The minimum Gasteiger partial charge on any atom is -0.490 e. The average molecular weight is 598 g/mol. The Morgan fingerprint density at radius 1 is 1.05 bits per heavy atom. The number of benzene rings is 3. The number of rotatable bonds is 14. The van der Waals surface area contributed by atoms with Crippen molar-refractivity contribution < 1.29 is 24.0 Å². The van der Waals surface area contributed by atoms with E-state index in [2.05, 4.69) is 21.2 Å². The first-order chi connectivity index (χ1) is 18.8. The van der Waals surface area contributed by atoms with Crippen LogP contribution in [0.5, 0.6) is 11.5 Å². The predicted molar refractivity (Wildman–Crippen MR) is 152 cm³/mol. The van der Waals surface area contributed by atoms with Gasteiger partial charge < -0.3 is 19.7 Å². The van der Waals surface area contributed by atoms with Crippen molar-refractivity contribution in [3.8, 4) is 11.5 Å². The van der Waals surface area contributed by atoms with Crippen LogP contribution in [0, 0.1) is 10.1 Å². The summed E-state index contributed by atoms with van der Waals surface area (Å²) in [6, 6.07) is 20.3. The lowest BCUT2D eigenvalue weighted by Crippen LogP contribution is -2.51. The smallest absolute Gasteiger partial charge is 0.311 e. The summed E-state index contributed by atoms with van der Waals surface area (Å²) in [4.78, 5) is 39.3. The Kier molecular flexibility index (Phi) is 11.3. The Morgan fingerprint density at radius 3 is 2.41 bits per heavy atom. The number of methoxy groups -OCH3 is 1. The highest BCUT2D eigenvalue weighted by atomic mass is 79.9. The molecule has 3 aromatic rings. The van der Waals surface area contributed by atoms with E-state index in [1.807, 2.05) is 61.5 Å². The van der Waals surface area contributed by atoms with E-state index in [0.717, 1.165) is 28.4 Å². The van der Waals surface area contributed by atoms with Crippen LogP contribution in [0.15, 0.2) is 77.3 Å². The van der Waals surface area contributed by atoms with Gasteiger partial charge in [-0.15, -0.1) is 0 Å². The second kappa shape index (κ2) is 14.9. The molecule has 10 heteroatoms. The molecule has 0 aliphatic carbocycles. The monoisotopic (exact) mass is 597 g/mol. The first-order valence-electron chi connectivity index (χ1n) is 12.6. The molecule has 0 aliphatic heterocycles. The van der Waals surface area contributed by atoms with Crippen LogP contribution in [0.25, 0.3) is 0 Å². The predicted octanol–water partition coefficient (Wildman–Crippen LogP) is 5.30. The van der Waals surface area contributed by atoms with Gasteiger partial charge >= 0.3 is 5.69 Å². The number of nitrogens with one attached hydrogen (secondary N) is 1. The molecule has 0 heterocycles. The van der Waals surface area contributed by atoms with Gasteiger partial charge in [-0.2, -0.15) is 0 Å². The van der Waals surface area contributed by atoms with Crippen LogP contribution in [0.2, 0.25) is 0 Å². The van der Waals surface area contributed by atoms with Gasteiger partial charge in [-0.3, -0.25) is 19.7 Å². The van der Waals surface area contributed by atoms with Gasteiger partial charge in [-0.25, -0.2) is 0 Å². The first kappa shape index (κ1) is 29.6. The van der Waals surface area contributed by atoms with Gasteiger partial charge in [0, 0.05) is 36.1 Å². The Hall–Kier alpha value is -3.92. The van der Waals surface area contributed by atoms with Crippen LogP contribution in [-0.2, 0) is 22.6 Å². The summed E-state index contributed by atoms with van der Waals surface area (Å²) >= 11 is 3.43. The lowest BCUT2D eigenvalue weighted by Gasteiger charge is -2.31. The zero-order valence-electron chi connectivity index (χ0n) is 22.0. The number of hydrogen-bond acceptors (Lipinski definition) is 6. The van der Waals surface area contributed by atoms with Crippen molar-refractivity contribution in [2.45, 2.75) is 38.8 Å². The molecule has 0 saturated carbocycles. The van der Waals surface area contributed by atoms with Crippen molar-refractivity contribution in [2.24, 2.45) is 0 Å². The summed E-state index contributed by atoms with van der Waals surface area (Å²) in [5.41, 5.74) is 1.56. The molecule has 39 heavy (non-hydrogen) atoms. The molecule has 0 aliphatic rings. The molecule has 0 saturated heterocycles. The van der Waals surface area contributed by atoms with E-state index < -0.39 is 16.9 Å². The van der Waals surface area contributed by atoms with Crippen LogP contribution in [0.4, 0.5) is 5.69 Å². The second-order valence-electron chi connectivity index (χ2n) is 8.88. The fraction of sp³-hybridized carbons (Fsp3) is 0.310. The van der Waals surface area contributed by atoms with Crippen molar-refractivity contribution in [3.63, 3.8) is 0 Å². The van der Waals surface area contributed by atoms with E-state index in [1.54, 1.807) is 0 Å². The molecule has 2 amide bonds. The molecule has 1 N–H and O–H groups in total. The van der Waals surface area contributed by atoms with Crippen LogP contribution in [-0.4, -0.2) is 47.9 Å². The minimum absolute atomic E-state index is 0.0222. The summed E-state index contributed by atoms with van der Waals surface area (Å²) in [5.74, 6) is -0.382. The van der Waals surface area contributed by atoms with Crippen molar-refractivity contribution in [3.05, 3.63) is 98.5 Å². The Morgan fingerprint density at radius 2 is 1.77 bits per heavy atom. The molecule has 1 atom stereocenters. The van der Waals surface area contributed by atoms with Crippen LogP contribution in [0.3, 0.4) is 0 Å². The third-order valence-corrected chi connectivity index (χ3v) is 6.61. The molecule has 9 nitrogen and oxygen atoms in total. The first-order valence-corrected chi connectivity index (χ1v) is 13.4. The molecule has 206 valence electrons. The molecule has 3 aromatic carbocycles. The van der Waals surface area contributed by atoms with Gasteiger partial charge in [-0.1, -0.05) is 71.7 Å². The minimum atomic E-state index is -0.782. The van der Waals surface area contributed by atoms with Gasteiger partial charge in [0.2, 0.25) is 11.7 Å². The van der Waals surface area contributed by atoms with Gasteiger partial charge in [-0.05, 0) is 35.7 Å². The van der Waals surface area contributed by atoms with Crippen LogP contribution < -0.4 is 14.8 Å². The molecule has 0 spiro atoms. The second-order valence-corrected chi connectivity index (χ2v) is 9.79. The summed E-state index contributed by atoms with van der Waals surface area (Å²) in [6.07, 6.45) is 2.08. The number of ether oxygens (including phenoxy) is 2. The van der Waals surface area contributed by atoms with Crippen molar-refractivity contribution in [2.75, 3.05) is 20.3 Å². The number of carbonyl (C=O) groups excluding carboxylic acids is 2. The molecule has 0 aromatic heterocycles. The van der Waals surface area contributed by atoms with E-state index >= 15 is 0 Å². The number of halogens is 1. The molecular weight excluding hydrogens is 566 g/mol. The highest BCUT2D eigenvalue weighted by molar-refractivity contribution is 9.10. The maximum Gasteiger partial charge on any atom is 0.311 e. The highest BCUT2D eigenvalue weighted by Crippen LogP contribution is 2.31. The number of nitro groups is 1. The summed E-state index contributed by atoms with van der Waals surface area (Å²) in [6.45, 7) is 2.38. The van der Waals surface area contributed by atoms with E-state index in [4.69, 9.17) is 9.47 Å². The number of unbranched alkanes of at least 4 members (excludes halogenated alkanes) is 1. The van der Waals surface area contributed by atoms with Gasteiger partial charge in [0.05, 0.1) is 12.0 Å². The largest absolute Gasteiger partial charge is 0.490 e. The van der Waals surface area contributed by atoms with Crippen LogP contribution >= 0.6 is 15.9 Å². The Balaban J connectivity index is 1.89. The summed E-state index contributed by atoms with van der Waals surface area (Å²) < 4.78 is 11.7. The SMILES string of the molecule is CCCCNC(=O)[C@H](Cc1ccccc1)N(Cc1ccc(Br)cc1)C(=O)COc1ccc([N+](=O)[O-])c(OC)c1. The Labute approximate surface area is 236 Å².